The Morgan fingerprint density at radius 2 is 1.33 bits per heavy atom. The molecule has 6 heteroatoms. The van der Waals surface area contributed by atoms with Crippen molar-refractivity contribution in [3.05, 3.63) is 84.3 Å². The molecule has 0 radical (unpaired) electrons. The third-order valence-corrected chi connectivity index (χ3v) is 3.15. The van der Waals surface area contributed by atoms with Gasteiger partial charge in [0.05, 0.1) is 0 Å². The van der Waals surface area contributed by atoms with Crippen LogP contribution in [0.4, 0.5) is 16.2 Å². The van der Waals surface area contributed by atoms with Gasteiger partial charge in [0.25, 0.3) is 0 Å². The van der Waals surface area contributed by atoms with E-state index in [9.17, 15) is 10.0 Å². The highest BCUT2D eigenvalue weighted by molar-refractivity contribution is 5.99. The van der Waals surface area contributed by atoms with Crippen LogP contribution in [0.5, 0.6) is 11.5 Å². The van der Waals surface area contributed by atoms with Crippen LogP contribution in [-0.4, -0.2) is 6.03 Å². The molecule has 120 valence electrons. The van der Waals surface area contributed by atoms with E-state index in [0.717, 1.165) is 5.69 Å². The summed E-state index contributed by atoms with van der Waals surface area (Å²) in [7, 11) is 0. The zero-order valence-electron chi connectivity index (χ0n) is 12.7. The fourth-order valence-corrected chi connectivity index (χ4v) is 2.02. The maximum atomic E-state index is 11.9. The Bertz CT molecular complexity index is 803. The quantitative estimate of drug-likeness (QED) is 0.567. The molecule has 6 nitrogen and oxygen atoms in total. The topological polar surface area (TPSA) is 77.3 Å². The number of aromatic nitrogens is 1. The van der Waals surface area contributed by atoms with E-state index in [1.807, 2.05) is 30.3 Å². The fourth-order valence-electron chi connectivity index (χ4n) is 2.02. The van der Waals surface area contributed by atoms with E-state index < -0.39 is 0 Å². The molecule has 2 amide bonds. The van der Waals surface area contributed by atoms with E-state index in [1.54, 1.807) is 36.4 Å². The van der Waals surface area contributed by atoms with Gasteiger partial charge < -0.3 is 20.6 Å². The first-order valence-corrected chi connectivity index (χ1v) is 7.29. The van der Waals surface area contributed by atoms with Crippen molar-refractivity contribution < 1.29 is 14.3 Å². The summed E-state index contributed by atoms with van der Waals surface area (Å²) in [5.41, 5.74) is 1.36. The molecule has 0 atom stereocenters. The van der Waals surface area contributed by atoms with Crippen molar-refractivity contribution in [2.75, 3.05) is 10.6 Å². The summed E-state index contributed by atoms with van der Waals surface area (Å²) >= 11 is 0. The summed E-state index contributed by atoms with van der Waals surface area (Å²) in [5, 5.41) is 16.4. The molecule has 3 rings (SSSR count). The molecule has 0 fully saturated rings. The number of anilines is 2. The number of ether oxygens (including phenoxy) is 1. The van der Waals surface area contributed by atoms with Crippen LogP contribution in [0.2, 0.25) is 0 Å². The van der Waals surface area contributed by atoms with Crippen LogP contribution < -0.4 is 20.1 Å². The monoisotopic (exact) mass is 321 g/mol. The van der Waals surface area contributed by atoms with Gasteiger partial charge in [-0.25, -0.2) is 4.79 Å². The molecule has 1 aromatic heterocycles. The number of nitrogens with one attached hydrogen (secondary N) is 2. The van der Waals surface area contributed by atoms with Crippen LogP contribution in [0.15, 0.2) is 79.1 Å². The SMILES string of the molecule is O=C(Nc1ccccc1)Nc1ccc(Oc2cc[n+]([O-])cc2)cc1. The molecule has 0 aliphatic carbocycles. The van der Waals surface area contributed by atoms with E-state index in [0.29, 0.717) is 21.9 Å². The minimum absolute atomic E-state index is 0.321. The fraction of sp³-hybridized carbons (Fsp3) is 0. The second kappa shape index (κ2) is 7.15. The normalized spacial score (nSPS) is 10.0. The smallest absolute Gasteiger partial charge is 0.323 e. The van der Waals surface area contributed by atoms with Crippen molar-refractivity contribution in [2.24, 2.45) is 0 Å². The van der Waals surface area contributed by atoms with E-state index in [2.05, 4.69) is 10.6 Å². The Hall–Kier alpha value is -3.54. The average Bonchev–Trinajstić information content (AvgIpc) is 2.59. The summed E-state index contributed by atoms with van der Waals surface area (Å²) < 4.78 is 6.29. The van der Waals surface area contributed by atoms with Gasteiger partial charge in [-0.15, -0.1) is 0 Å². The zero-order chi connectivity index (χ0) is 16.8. The maximum absolute atomic E-state index is 11.9. The summed E-state index contributed by atoms with van der Waals surface area (Å²) in [6.07, 6.45) is 2.72. The van der Waals surface area contributed by atoms with Crippen molar-refractivity contribution in [3.8, 4) is 11.5 Å². The molecule has 2 N–H and O–H groups in total. The largest absolute Gasteiger partial charge is 0.619 e. The van der Waals surface area contributed by atoms with Gasteiger partial charge in [-0.3, -0.25) is 0 Å². The first-order chi connectivity index (χ1) is 11.7. The molecular weight excluding hydrogens is 306 g/mol. The van der Waals surface area contributed by atoms with Crippen molar-refractivity contribution in [1.82, 2.24) is 0 Å². The van der Waals surface area contributed by atoms with Gasteiger partial charge in [-0.05, 0) is 36.4 Å². The molecule has 1 heterocycles. The standard InChI is InChI=1S/C18H15N3O3/c22-18(19-14-4-2-1-3-5-14)20-15-6-8-16(9-7-15)24-17-10-12-21(23)13-11-17/h1-13H,(H2,19,20,22). The number of carbonyl (C=O) groups excluding carboxylic acids is 1. The minimum atomic E-state index is -0.321. The van der Waals surface area contributed by atoms with E-state index >= 15 is 0 Å². The number of carbonyl (C=O) groups is 1. The number of para-hydroxylation sites is 1. The highest BCUT2D eigenvalue weighted by Crippen LogP contribution is 2.22. The third-order valence-electron chi connectivity index (χ3n) is 3.15. The lowest BCUT2D eigenvalue weighted by Gasteiger charge is -2.09. The Morgan fingerprint density at radius 1 is 0.792 bits per heavy atom. The zero-order valence-corrected chi connectivity index (χ0v) is 12.7. The lowest BCUT2D eigenvalue weighted by Crippen LogP contribution is -2.23. The van der Waals surface area contributed by atoms with Crippen LogP contribution in [-0.2, 0) is 0 Å². The van der Waals surface area contributed by atoms with E-state index in [-0.39, 0.29) is 6.03 Å². The Morgan fingerprint density at radius 3 is 1.96 bits per heavy atom. The van der Waals surface area contributed by atoms with Crippen LogP contribution >= 0.6 is 0 Å². The highest BCUT2D eigenvalue weighted by atomic mass is 16.5. The van der Waals surface area contributed by atoms with Gasteiger partial charge in [-0.2, -0.15) is 4.73 Å². The first kappa shape index (κ1) is 15.4. The second-order valence-electron chi connectivity index (χ2n) is 4.97. The molecule has 0 spiro atoms. The number of hydrogen-bond donors (Lipinski definition) is 2. The molecule has 0 saturated heterocycles. The molecule has 0 aliphatic rings. The summed E-state index contributed by atoms with van der Waals surface area (Å²) in [5.74, 6) is 1.16. The van der Waals surface area contributed by atoms with Gasteiger partial charge in [0.2, 0.25) is 0 Å². The number of urea groups is 1. The van der Waals surface area contributed by atoms with Crippen molar-refractivity contribution in [1.29, 1.82) is 0 Å². The van der Waals surface area contributed by atoms with Gasteiger partial charge >= 0.3 is 6.03 Å². The van der Waals surface area contributed by atoms with Crippen molar-refractivity contribution in [3.63, 3.8) is 0 Å². The highest BCUT2D eigenvalue weighted by Gasteiger charge is 2.03. The first-order valence-electron chi connectivity index (χ1n) is 7.29. The number of hydrogen-bond acceptors (Lipinski definition) is 3. The summed E-state index contributed by atoms with van der Waals surface area (Å²) in [4.78, 5) is 11.9. The number of benzene rings is 2. The van der Waals surface area contributed by atoms with Gasteiger partial charge in [0.1, 0.15) is 11.5 Å². The average molecular weight is 321 g/mol. The minimum Gasteiger partial charge on any atom is -0.619 e. The van der Waals surface area contributed by atoms with Gasteiger partial charge in [0, 0.05) is 23.5 Å². The molecule has 3 aromatic rings. The Labute approximate surface area is 138 Å². The third kappa shape index (κ3) is 4.23. The molecule has 0 unspecified atom stereocenters. The molecule has 0 aliphatic heterocycles. The Balaban J connectivity index is 1.58. The number of rotatable bonds is 4. The summed E-state index contributed by atoms with van der Waals surface area (Å²) in [6.45, 7) is 0. The predicted molar refractivity (Wildman–Crippen MR) is 91.0 cm³/mol. The number of amides is 2. The van der Waals surface area contributed by atoms with Crippen LogP contribution in [0.3, 0.4) is 0 Å². The lowest BCUT2D eigenvalue weighted by atomic mass is 10.3. The van der Waals surface area contributed by atoms with Gasteiger partial charge in [0.15, 0.2) is 12.4 Å². The van der Waals surface area contributed by atoms with Crippen LogP contribution in [0.1, 0.15) is 0 Å². The molecule has 24 heavy (non-hydrogen) atoms. The van der Waals surface area contributed by atoms with Crippen molar-refractivity contribution in [2.45, 2.75) is 0 Å². The van der Waals surface area contributed by atoms with Crippen LogP contribution in [0, 0.1) is 5.21 Å². The molecule has 0 saturated carbocycles. The Kier molecular flexibility index (Phi) is 4.57. The molecule has 2 aromatic carbocycles. The summed E-state index contributed by atoms with van der Waals surface area (Å²) in [6, 6.07) is 18.9. The number of pyridine rings is 1. The molecule has 0 bridgehead atoms. The van der Waals surface area contributed by atoms with E-state index in [1.165, 1.54) is 12.4 Å². The van der Waals surface area contributed by atoms with Crippen molar-refractivity contribution >= 4 is 17.4 Å². The van der Waals surface area contributed by atoms with Gasteiger partial charge in [-0.1, -0.05) is 18.2 Å². The molecular formula is C18H15N3O3. The lowest BCUT2D eigenvalue weighted by molar-refractivity contribution is -0.605. The van der Waals surface area contributed by atoms with Crippen LogP contribution in [0.25, 0.3) is 0 Å². The maximum Gasteiger partial charge on any atom is 0.323 e. The number of nitrogens with zero attached hydrogens (tertiary/aromatic N) is 1. The predicted octanol–water partition coefficient (Wildman–Crippen LogP) is 3.76. The van der Waals surface area contributed by atoms with E-state index in [4.69, 9.17) is 4.74 Å². The second-order valence-corrected chi connectivity index (χ2v) is 4.97.